The maximum atomic E-state index is 11.8. The number of carbonyl (C=O) groups excluding carboxylic acids is 2. The topological polar surface area (TPSA) is 52.6 Å². The van der Waals surface area contributed by atoms with Crippen molar-refractivity contribution in [3.63, 3.8) is 0 Å². The number of carbonyl (C=O) groups is 2. The highest BCUT2D eigenvalue weighted by Crippen LogP contribution is 2.34. The second kappa shape index (κ2) is 5.17. The Bertz CT molecular complexity index is 392. The normalized spacial score (nSPS) is 23.4. The Morgan fingerprint density at radius 1 is 1.41 bits per heavy atom. The molecule has 0 aromatic rings. The first-order valence-corrected chi connectivity index (χ1v) is 5.82. The first-order valence-electron chi connectivity index (χ1n) is 5.82. The fraction of sp³-hybridized carbons (Fsp3) is 0.538. The largest absolute Gasteiger partial charge is 0.486 e. The molecular formula is C13H16O4. The van der Waals surface area contributed by atoms with Crippen LogP contribution in [0.3, 0.4) is 0 Å². The van der Waals surface area contributed by atoms with Crippen molar-refractivity contribution < 1.29 is 19.1 Å². The average molecular weight is 236 g/mol. The Labute approximate surface area is 100 Å². The summed E-state index contributed by atoms with van der Waals surface area (Å²) in [6.07, 6.45) is 7.00. The van der Waals surface area contributed by atoms with Crippen LogP contribution in [-0.2, 0) is 19.1 Å². The number of rotatable bonds is 3. The summed E-state index contributed by atoms with van der Waals surface area (Å²) < 4.78 is 9.82. The molecule has 1 fully saturated rings. The molecule has 0 amide bonds. The molecule has 1 unspecified atom stereocenters. The minimum Gasteiger partial charge on any atom is -0.486 e. The molecule has 1 saturated carbocycles. The van der Waals surface area contributed by atoms with Crippen LogP contribution >= 0.6 is 0 Å². The Morgan fingerprint density at radius 3 is 3.00 bits per heavy atom. The summed E-state index contributed by atoms with van der Waals surface area (Å²) in [4.78, 5) is 22.7. The van der Waals surface area contributed by atoms with E-state index in [2.05, 4.69) is 4.74 Å². The molecule has 0 aromatic carbocycles. The summed E-state index contributed by atoms with van der Waals surface area (Å²) in [6.45, 7) is -0.0909. The molecule has 0 bridgehead atoms. The number of methoxy groups -OCH3 is 1. The monoisotopic (exact) mass is 236 g/mol. The number of ether oxygens (including phenoxy) is 2. The van der Waals surface area contributed by atoms with Gasteiger partial charge in [-0.3, -0.25) is 4.79 Å². The molecule has 92 valence electrons. The molecule has 0 N–H and O–H groups in total. The number of hydrogen-bond donors (Lipinski definition) is 0. The number of allylic oxidation sites excluding steroid dienone is 4. The summed E-state index contributed by atoms with van der Waals surface area (Å²) in [6, 6.07) is 0. The third kappa shape index (κ3) is 2.75. The van der Waals surface area contributed by atoms with Gasteiger partial charge in [-0.25, -0.2) is 4.79 Å². The van der Waals surface area contributed by atoms with Crippen LogP contribution in [0.2, 0.25) is 0 Å². The van der Waals surface area contributed by atoms with Gasteiger partial charge >= 0.3 is 5.97 Å². The highest BCUT2D eigenvalue weighted by Gasteiger charge is 2.29. The molecular weight excluding hydrogens is 220 g/mol. The lowest BCUT2D eigenvalue weighted by molar-refractivity contribution is -0.144. The lowest BCUT2D eigenvalue weighted by atomic mass is 9.78. The Kier molecular flexibility index (Phi) is 3.61. The van der Waals surface area contributed by atoms with E-state index >= 15 is 0 Å². The van der Waals surface area contributed by atoms with Gasteiger partial charge in [0.1, 0.15) is 5.78 Å². The zero-order chi connectivity index (χ0) is 12.3. The van der Waals surface area contributed by atoms with Crippen LogP contribution in [0.25, 0.3) is 0 Å². The van der Waals surface area contributed by atoms with Gasteiger partial charge in [-0.1, -0.05) is 11.6 Å². The molecule has 0 aromatic heterocycles. The lowest BCUT2D eigenvalue weighted by Crippen LogP contribution is -2.24. The fourth-order valence-corrected chi connectivity index (χ4v) is 2.25. The predicted octanol–water partition coefficient (Wildman–Crippen LogP) is 1.76. The summed E-state index contributed by atoms with van der Waals surface area (Å²) in [7, 11) is 1.32. The third-order valence-electron chi connectivity index (χ3n) is 3.22. The summed E-state index contributed by atoms with van der Waals surface area (Å²) >= 11 is 0. The third-order valence-corrected chi connectivity index (χ3v) is 3.22. The van der Waals surface area contributed by atoms with Crippen LogP contribution in [0.5, 0.6) is 0 Å². The van der Waals surface area contributed by atoms with Gasteiger partial charge in [0.2, 0.25) is 0 Å². The first kappa shape index (κ1) is 11.9. The number of hydrogen-bond acceptors (Lipinski definition) is 4. The van der Waals surface area contributed by atoms with Gasteiger partial charge in [0.05, 0.1) is 12.9 Å². The molecule has 2 aliphatic carbocycles. The number of ketones is 1. The minimum absolute atomic E-state index is 0.0265. The fourth-order valence-electron chi connectivity index (χ4n) is 2.25. The van der Waals surface area contributed by atoms with E-state index in [4.69, 9.17) is 4.74 Å². The summed E-state index contributed by atoms with van der Waals surface area (Å²) in [5, 5.41) is 0. The summed E-state index contributed by atoms with van der Waals surface area (Å²) in [5.74, 6) is 0.547. The van der Waals surface area contributed by atoms with Gasteiger partial charge in [0.15, 0.2) is 6.61 Å². The van der Waals surface area contributed by atoms with E-state index in [1.807, 2.05) is 12.2 Å². The highest BCUT2D eigenvalue weighted by molar-refractivity contribution is 5.85. The number of fused-ring (bicyclic) bond motifs is 1. The van der Waals surface area contributed by atoms with E-state index in [9.17, 15) is 9.59 Å². The van der Waals surface area contributed by atoms with Crippen LogP contribution < -0.4 is 0 Å². The quantitative estimate of drug-likeness (QED) is 0.701. The van der Waals surface area contributed by atoms with Crippen LogP contribution in [0.1, 0.15) is 25.7 Å². The van der Waals surface area contributed by atoms with Crippen molar-refractivity contribution in [1.82, 2.24) is 0 Å². The molecule has 0 spiro atoms. The van der Waals surface area contributed by atoms with E-state index in [-0.39, 0.29) is 18.3 Å². The minimum atomic E-state index is -0.407. The first-order chi connectivity index (χ1) is 8.20. The maximum absolute atomic E-state index is 11.8. The van der Waals surface area contributed by atoms with Crippen LogP contribution in [0.4, 0.5) is 0 Å². The molecule has 4 heteroatoms. The van der Waals surface area contributed by atoms with Gasteiger partial charge in [-0.05, 0) is 18.9 Å². The van der Waals surface area contributed by atoms with Crippen molar-refractivity contribution in [2.24, 2.45) is 5.92 Å². The second-order valence-electron chi connectivity index (χ2n) is 4.32. The van der Waals surface area contributed by atoms with Gasteiger partial charge in [-0.2, -0.15) is 0 Å². The zero-order valence-electron chi connectivity index (χ0n) is 9.90. The van der Waals surface area contributed by atoms with Crippen LogP contribution in [-0.4, -0.2) is 25.5 Å². The van der Waals surface area contributed by atoms with Gasteiger partial charge in [0.25, 0.3) is 0 Å². The standard InChI is InChI=1S/C13H16O4/c1-16-13(15)8-17-10-6-5-9-3-2-4-12(14)11(9)7-10/h5-6,11H,2-4,7-8H2,1H3. The molecule has 17 heavy (non-hydrogen) atoms. The van der Waals surface area contributed by atoms with Crippen molar-refractivity contribution >= 4 is 11.8 Å². The van der Waals surface area contributed by atoms with Gasteiger partial charge in [-0.15, -0.1) is 0 Å². The zero-order valence-corrected chi connectivity index (χ0v) is 9.90. The Hall–Kier alpha value is -1.58. The van der Waals surface area contributed by atoms with Crippen molar-refractivity contribution in [2.75, 3.05) is 13.7 Å². The SMILES string of the molecule is COC(=O)COC1=CC=C2CCCC(=O)C2C1. The number of esters is 1. The molecule has 2 rings (SSSR count). The Morgan fingerprint density at radius 2 is 2.24 bits per heavy atom. The predicted molar refractivity (Wildman–Crippen MR) is 61.1 cm³/mol. The molecule has 0 heterocycles. The van der Waals surface area contributed by atoms with E-state index in [0.29, 0.717) is 18.6 Å². The van der Waals surface area contributed by atoms with Gasteiger partial charge in [0, 0.05) is 18.8 Å². The average Bonchev–Trinajstić information content (AvgIpc) is 2.36. The van der Waals surface area contributed by atoms with E-state index < -0.39 is 5.97 Å². The highest BCUT2D eigenvalue weighted by atomic mass is 16.6. The van der Waals surface area contributed by atoms with Crippen LogP contribution in [0.15, 0.2) is 23.5 Å². The molecule has 1 atom stereocenters. The molecule has 0 saturated heterocycles. The Balaban J connectivity index is 1.97. The smallest absolute Gasteiger partial charge is 0.343 e. The van der Waals surface area contributed by atoms with Crippen molar-refractivity contribution in [1.29, 1.82) is 0 Å². The molecule has 0 radical (unpaired) electrons. The van der Waals surface area contributed by atoms with Crippen molar-refractivity contribution in [3.8, 4) is 0 Å². The molecule has 4 nitrogen and oxygen atoms in total. The maximum Gasteiger partial charge on any atom is 0.343 e. The van der Waals surface area contributed by atoms with Crippen molar-refractivity contribution in [2.45, 2.75) is 25.7 Å². The summed E-state index contributed by atoms with van der Waals surface area (Å²) in [5.41, 5.74) is 1.20. The molecule has 2 aliphatic rings. The number of Topliss-reactive ketones (excluding diaryl/α,β-unsaturated/α-hetero) is 1. The second-order valence-corrected chi connectivity index (χ2v) is 4.32. The van der Waals surface area contributed by atoms with Crippen molar-refractivity contribution in [3.05, 3.63) is 23.5 Å². The van der Waals surface area contributed by atoms with E-state index in [1.54, 1.807) is 0 Å². The van der Waals surface area contributed by atoms with E-state index in [0.717, 1.165) is 12.8 Å². The molecule has 0 aliphatic heterocycles. The lowest BCUT2D eigenvalue weighted by Gasteiger charge is -2.27. The van der Waals surface area contributed by atoms with Gasteiger partial charge < -0.3 is 9.47 Å². The van der Waals surface area contributed by atoms with E-state index in [1.165, 1.54) is 12.7 Å². The van der Waals surface area contributed by atoms with Crippen LogP contribution in [0, 0.1) is 5.92 Å².